The molecule has 1 saturated carbocycles. The Hall–Kier alpha value is -3.18. The largest absolute Gasteiger partial charge is 0.488 e. The molecule has 0 spiro atoms. The Morgan fingerprint density at radius 1 is 1.17 bits per heavy atom. The topological polar surface area (TPSA) is 161 Å². The third-order valence-electron chi connectivity index (χ3n) is 7.23. The smallest absolute Gasteiger partial charge is 0.329 e. The van der Waals surface area contributed by atoms with E-state index in [-0.39, 0.29) is 43.2 Å². The van der Waals surface area contributed by atoms with Gasteiger partial charge in [-0.25, -0.2) is 4.79 Å². The lowest BCUT2D eigenvalue weighted by atomic mass is 9.74. The van der Waals surface area contributed by atoms with E-state index in [0.717, 1.165) is 12.8 Å². The van der Waals surface area contributed by atoms with Gasteiger partial charge in [-0.05, 0) is 49.4 Å². The Labute approximate surface area is 204 Å². The van der Waals surface area contributed by atoms with E-state index in [1.54, 1.807) is 29.2 Å². The van der Waals surface area contributed by atoms with Crippen LogP contribution in [0.1, 0.15) is 31.7 Å². The number of hydrogen-bond acceptors (Lipinski definition) is 7. The second-order valence-corrected chi connectivity index (χ2v) is 9.34. The zero-order valence-electron chi connectivity index (χ0n) is 20.0. The number of amidine groups is 1. The highest BCUT2D eigenvalue weighted by molar-refractivity contribution is 5.95. The Morgan fingerprint density at radius 3 is 2.31 bits per heavy atom. The highest BCUT2D eigenvalue weighted by atomic mass is 16.5. The van der Waals surface area contributed by atoms with Crippen LogP contribution in [0, 0.1) is 11.3 Å². The van der Waals surface area contributed by atoms with Gasteiger partial charge in [-0.2, -0.15) is 0 Å². The van der Waals surface area contributed by atoms with E-state index < -0.39 is 23.7 Å². The van der Waals surface area contributed by atoms with Crippen LogP contribution in [0.3, 0.4) is 0 Å². The summed E-state index contributed by atoms with van der Waals surface area (Å²) >= 11 is 0. The summed E-state index contributed by atoms with van der Waals surface area (Å²) in [7, 11) is 0. The molecule has 3 atom stereocenters. The molecule has 3 unspecified atom stereocenters. The van der Waals surface area contributed by atoms with Gasteiger partial charge in [-0.1, -0.05) is 6.92 Å². The number of aliphatic carboxylic acids is 1. The summed E-state index contributed by atoms with van der Waals surface area (Å²) in [6.07, 6.45) is 1.27. The standard InChI is InChI=1S/C24H34N6O5/c1-2-18(35-17-7-3-15(4-8-17)22(25)26)24(16-5-6-16,30-12-10-28-14-20(30)32)21(23(33)34)29-11-9-27-13-19(29)31/h3-4,7-8,16,18,21,27-28H,2,5-6,9-14H2,1H3,(H3,25,26)(H,33,34). The number of carbonyl (C=O) groups is 3. The van der Waals surface area contributed by atoms with E-state index in [2.05, 4.69) is 10.6 Å². The van der Waals surface area contributed by atoms with Crippen LogP contribution in [0.25, 0.3) is 0 Å². The fraction of sp³-hybridized carbons (Fsp3) is 0.583. The predicted molar refractivity (Wildman–Crippen MR) is 128 cm³/mol. The number of carbonyl (C=O) groups excluding carboxylic acids is 2. The molecule has 3 aliphatic rings. The number of amides is 2. The number of piperazine rings is 2. The molecule has 2 aliphatic heterocycles. The van der Waals surface area contributed by atoms with Gasteiger partial charge >= 0.3 is 5.97 Å². The third-order valence-corrected chi connectivity index (χ3v) is 7.23. The average Bonchev–Trinajstić information content (AvgIpc) is 3.68. The zero-order chi connectivity index (χ0) is 25.2. The van der Waals surface area contributed by atoms with E-state index in [9.17, 15) is 19.5 Å². The van der Waals surface area contributed by atoms with Gasteiger partial charge in [0.15, 0.2) is 6.04 Å². The Kier molecular flexibility index (Phi) is 7.27. The lowest BCUT2D eigenvalue weighted by molar-refractivity contribution is -0.174. The van der Waals surface area contributed by atoms with E-state index in [1.807, 2.05) is 6.92 Å². The Morgan fingerprint density at radius 2 is 1.80 bits per heavy atom. The monoisotopic (exact) mass is 486 g/mol. The number of rotatable bonds is 10. The predicted octanol–water partition coefficient (Wildman–Crippen LogP) is -0.406. The molecule has 0 bridgehead atoms. The fourth-order valence-corrected chi connectivity index (χ4v) is 5.62. The second-order valence-electron chi connectivity index (χ2n) is 9.34. The third kappa shape index (κ3) is 4.70. The first-order valence-electron chi connectivity index (χ1n) is 12.2. The minimum atomic E-state index is -1.24. The molecule has 190 valence electrons. The highest BCUT2D eigenvalue weighted by Gasteiger charge is 2.65. The minimum absolute atomic E-state index is 0.0597. The van der Waals surface area contributed by atoms with Crippen LogP contribution in [0.15, 0.2) is 24.3 Å². The van der Waals surface area contributed by atoms with Crippen molar-refractivity contribution in [1.82, 2.24) is 20.4 Å². The molecule has 11 nitrogen and oxygen atoms in total. The number of benzene rings is 1. The van der Waals surface area contributed by atoms with Crippen molar-refractivity contribution in [2.75, 3.05) is 39.3 Å². The van der Waals surface area contributed by atoms with Gasteiger partial charge in [0, 0.05) is 31.7 Å². The van der Waals surface area contributed by atoms with Crippen LogP contribution in [0.4, 0.5) is 0 Å². The van der Waals surface area contributed by atoms with Crippen molar-refractivity contribution >= 4 is 23.6 Å². The van der Waals surface area contributed by atoms with Crippen molar-refractivity contribution in [3.8, 4) is 5.75 Å². The number of nitrogens with one attached hydrogen (secondary N) is 3. The average molecular weight is 487 g/mol. The first kappa shape index (κ1) is 24.9. The molecule has 1 aromatic carbocycles. The molecular weight excluding hydrogens is 452 g/mol. The number of carboxylic acid groups (broad SMARTS) is 1. The summed E-state index contributed by atoms with van der Waals surface area (Å²) in [5.41, 5.74) is 4.89. The van der Waals surface area contributed by atoms with Gasteiger partial charge < -0.3 is 36.0 Å². The van der Waals surface area contributed by atoms with Crippen molar-refractivity contribution in [2.24, 2.45) is 11.7 Å². The molecule has 2 saturated heterocycles. The lowest BCUT2D eigenvalue weighted by Crippen LogP contribution is -2.77. The van der Waals surface area contributed by atoms with E-state index in [4.69, 9.17) is 15.9 Å². The molecule has 1 aromatic rings. The summed E-state index contributed by atoms with van der Waals surface area (Å²) in [6, 6.07) is 5.50. The SMILES string of the molecule is CCC(Oc1ccc(C(=N)N)cc1)C(C1CC1)(C(C(=O)O)N1CCNCC1=O)N1CCNCC1=O. The molecule has 2 heterocycles. The van der Waals surface area contributed by atoms with Crippen LogP contribution in [-0.2, 0) is 14.4 Å². The first-order valence-corrected chi connectivity index (χ1v) is 12.2. The molecule has 0 aromatic heterocycles. The van der Waals surface area contributed by atoms with Crippen molar-refractivity contribution in [3.05, 3.63) is 29.8 Å². The van der Waals surface area contributed by atoms with Crippen LogP contribution < -0.4 is 21.1 Å². The molecular formula is C24H34N6O5. The van der Waals surface area contributed by atoms with Crippen LogP contribution >= 0.6 is 0 Å². The van der Waals surface area contributed by atoms with Gasteiger partial charge in [-0.15, -0.1) is 0 Å². The number of ether oxygens (including phenoxy) is 1. The molecule has 3 fully saturated rings. The van der Waals surface area contributed by atoms with Crippen LogP contribution in [0.2, 0.25) is 0 Å². The molecule has 4 rings (SSSR count). The maximum Gasteiger partial charge on any atom is 0.329 e. The number of hydrogen-bond donors (Lipinski definition) is 5. The Bertz CT molecular complexity index is 981. The Balaban J connectivity index is 1.83. The zero-order valence-corrected chi connectivity index (χ0v) is 20.0. The molecule has 6 N–H and O–H groups in total. The number of carboxylic acids is 1. The fourth-order valence-electron chi connectivity index (χ4n) is 5.62. The van der Waals surface area contributed by atoms with Gasteiger partial charge in [0.1, 0.15) is 23.2 Å². The number of nitrogens with two attached hydrogens (primary N) is 1. The molecule has 35 heavy (non-hydrogen) atoms. The molecule has 0 radical (unpaired) electrons. The lowest BCUT2D eigenvalue weighted by Gasteiger charge is -2.55. The number of nitrogen functional groups attached to an aromatic ring is 1. The van der Waals surface area contributed by atoms with Gasteiger partial charge in [0.25, 0.3) is 0 Å². The van der Waals surface area contributed by atoms with Gasteiger partial charge in [0.2, 0.25) is 11.8 Å². The van der Waals surface area contributed by atoms with Crippen molar-refractivity contribution < 1.29 is 24.2 Å². The maximum atomic E-state index is 13.3. The summed E-state index contributed by atoms with van der Waals surface area (Å²) in [6.45, 7) is 3.68. The van der Waals surface area contributed by atoms with Gasteiger partial charge in [-0.3, -0.25) is 15.0 Å². The van der Waals surface area contributed by atoms with E-state index in [1.165, 1.54) is 4.90 Å². The van der Waals surface area contributed by atoms with E-state index in [0.29, 0.717) is 37.4 Å². The quantitative estimate of drug-likeness (QED) is 0.220. The van der Waals surface area contributed by atoms with Crippen LogP contribution in [0.5, 0.6) is 5.75 Å². The first-order chi connectivity index (χ1) is 16.8. The second kappa shape index (κ2) is 10.2. The number of nitrogens with zero attached hydrogens (tertiary/aromatic N) is 2. The molecule has 1 aliphatic carbocycles. The van der Waals surface area contributed by atoms with Crippen molar-refractivity contribution in [3.63, 3.8) is 0 Å². The molecule has 11 heteroatoms. The van der Waals surface area contributed by atoms with Crippen molar-refractivity contribution in [1.29, 1.82) is 5.41 Å². The maximum absolute atomic E-state index is 13.3. The normalized spacial score (nSPS) is 22.3. The summed E-state index contributed by atoms with van der Waals surface area (Å²) in [5, 5.41) is 24.3. The minimum Gasteiger partial charge on any atom is -0.488 e. The molecule has 2 amide bonds. The summed E-state index contributed by atoms with van der Waals surface area (Å²) in [4.78, 5) is 42.4. The summed E-state index contributed by atoms with van der Waals surface area (Å²) in [5.74, 6) is -1.30. The van der Waals surface area contributed by atoms with Crippen molar-refractivity contribution in [2.45, 2.75) is 43.9 Å². The van der Waals surface area contributed by atoms with E-state index >= 15 is 0 Å². The highest BCUT2D eigenvalue weighted by Crippen LogP contribution is 2.50. The van der Waals surface area contributed by atoms with Gasteiger partial charge in [0.05, 0.1) is 13.1 Å². The van der Waals surface area contributed by atoms with Crippen LogP contribution in [-0.4, -0.2) is 95.5 Å². The summed E-state index contributed by atoms with van der Waals surface area (Å²) < 4.78 is 6.48.